The standard InChI is InChI=1S/C27H23N5O4S/c33-25-23(18-19-17-22(32(35)36)11-12-24(19)29-15-13-28-14-16-29)26(34)31(21-9-5-2-6-10-21)27(37)30(25)20-7-3-1-4-8-20/h1-12,17-18,28H,13-16H2. The summed E-state index contributed by atoms with van der Waals surface area (Å²) in [5.74, 6) is -1.18. The van der Waals surface area contributed by atoms with Gasteiger partial charge in [0.2, 0.25) is 0 Å². The van der Waals surface area contributed by atoms with E-state index in [1.54, 1.807) is 54.6 Å². The number of nitro benzene ring substituents is 1. The molecule has 2 saturated heterocycles. The highest BCUT2D eigenvalue weighted by molar-refractivity contribution is 7.81. The highest BCUT2D eigenvalue weighted by Gasteiger charge is 2.41. The van der Waals surface area contributed by atoms with Crippen LogP contribution in [0, 0.1) is 10.1 Å². The molecule has 0 aromatic heterocycles. The number of piperazine rings is 1. The van der Waals surface area contributed by atoms with Crippen molar-refractivity contribution in [1.82, 2.24) is 5.32 Å². The van der Waals surface area contributed by atoms with Crippen LogP contribution >= 0.6 is 12.2 Å². The van der Waals surface area contributed by atoms with Crippen LogP contribution in [0.5, 0.6) is 0 Å². The molecule has 186 valence electrons. The Morgan fingerprint density at radius 2 is 1.38 bits per heavy atom. The fourth-order valence-corrected chi connectivity index (χ4v) is 4.84. The van der Waals surface area contributed by atoms with Crippen molar-refractivity contribution in [2.24, 2.45) is 0 Å². The van der Waals surface area contributed by atoms with E-state index in [1.165, 1.54) is 28.0 Å². The molecule has 0 aliphatic carbocycles. The summed E-state index contributed by atoms with van der Waals surface area (Å²) in [4.78, 5) is 43.4. The molecule has 2 fully saturated rings. The molecule has 9 nitrogen and oxygen atoms in total. The first kappa shape index (κ1) is 24.3. The van der Waals surface area contributed by atoms with Crippen molar-refractivity contribution in [2.75, 3.05) is 40.9 Å². The van der Waals surface area contributed by atoms with E-state index in [9.17, 15) is 19.7 Å². The van der Waals surface area contributed by atoms with Crippen LogP contribution in [0.3, 0.4) is 0 Å². The molecule has 5 rings (SSSR count). The number of thiocarbonyl (C=S) groups is 1. The maximum absolute atomic E-state index is 13.8. The number of hydrogen-bond donors (Lipinski definition) is 1. The molecule has 3 aromatic carbocycles. The number of nitrogens with one attached hydrogen (secondary N) is 1. The number of nitro groups is 1. The minimum atomic E-state index is -0.592. The Hall–Kier alpha value is -4.41. The number of para-hydroxylation sites is 2. The molecule has 0 radical (unpaired) electrons. The Labute approximate surface area is 218 Å². The lowest BCUT2D eigenvalue weighted by Gasteiger charge is -2.36. The van der Waals surface area contributed by atoms with Gasteiger partial charge in [0, 0.05) is 49.6 Å². The lowest BCUT2D eigenvalue weighted by Crippen LogP contribution is -2.56. The number of non-ortho nitro benzene ring substituents is 1. The lowest BCUT2D eigenvalue weighted by atomic mass is 10.0. The van der Waals surface area contributed by atoms with Crippen molar-refractivity contribution in [2.45, 2.75) is 0 Å². The predicted octanol–water partition coefficient (Wildman–Crippen LogP) is 3.75. The second-order valence-electron chi connectivity index (χ2n) is 8.53. The molecule has 0 unspecified atom stereocenters. The topological polar surface area (TPSA) is 99.0 Å². The van der Waals surface area contributed by atoms with Crippen LogP contribution in [0.15, 0.2) is 84.4 Å². The Bertz CT molecular complexity index is 1340. The van der Waals surface area contributed by atoms with E-state index >= 15 is 0 Å². The molecule has 0 saturated carbocycles. The van der Waals surface area contributed by atoms with Crippen molar-refractivity contribution in [3.8, 4) is 0 Å². The van der Waals surface area contributed by atoms with Crippen LogP contribution in [0.4, 0.5) is 22.7 Å². The van der Waals surface area contributed by atoms with E-state index in [1.807, 2.05) is 12.1 Å². The highest BCUT2D eigenvalue weighted by Crippen LogP contribution is 2.33. The zero-order chi connectivity index (χ0) is 25.9. The second kappa shape index (κ2) is 10.3. The van der Waals surface area contributed by atoms with Gasteiger partial charge in [-0.2, -0.15) is 0 Å². The van der Waals surface area contributed by atoms with Crippen LogP contribution in [-0.2, 0) is 9.59 Å². The fraction of sp³-hybridized carbons (Fsp3) is 0.148. The quantitative estimate of drug-likeness (QED) is 0.182. The van der Waals surface area contributed by atoms with Crippen molar-refractivity contribution in [3.05, 3.63) is 100 Å². The SMILES string of the molecule is O=C1C(=Cc2cc([N+](=O)[O-])ccc2N2CCNCC2)C(=O)N(c2ccccc2)C(=S)N1c1ccccc1. The third-order valence-electron chi connectivity index (χ3n) is 6.26. The maximum atomic E-state index is 13.8. The first-order chi connectivity index (χ1) is 18.0. The molecular formula is C27H23N5O4S. The van der Waals surface area contributed by atoms with Crippen molar-refractivity contribution in [3.63, 3.8) is 0 Å². The zero-order valence-electron chi connectivity index (χ0n) is 19.7. The monoisotopic (exact) mass is 513 g/mol. The molecule has 2 aliphatic rings. The summed E-state index contributed by atoms with van der Waals surface area (Å²) in [5.41, 5.74) is 1.89. The fourth-order valence-electron chi connectivity index (χ4n) is 4.46. The molecule has 2 heterocycles. The predicted molar refractivity (Wildman–Crippen MR) is 147 cm³/mol. The van der Waals surface area contributed by atoms with Gasteiger partial charge < -0.3 is 10.2 Å². The smallest absolute Gasteiger partial charge is 0.270 e. The molecular weight excluding hydrogens is 490 g/mol. The van der Waals surface area contributed by atoms with E-state index in [0.717, 1.165) is 13.1 Å². The number of carbonyl (C=O) groups is 2. The normalized spacial score (nSPS) is 16.3. The van der Waals surface area contributed by atoms with Crippen molar-refractivity contribution in [1.29, 1.82) is 0 Å². The van der Waals surface area contributed by atoms with Crippen LogP contribution in [0.2, 0.25) is 0 Å². The van der Waals surface area contributed by atoms with E-state index in [0.29, 0.717) is 35.7 Å². The van der Waals surface area contributed by atoms with Gasteiger partial charge in [0.15, 0.2) is 5.11 Å². The summed E-state index contributed by atoms with van der Waals surface area (Å²) in [6.07, 6.45) is 1.45. The molecule has 10 heteroatoms. The third-order valence-corrected chi connectivity index (χ3v) is 6.62. The number of anilines is 3. The molecule has 0 atom stereocenters. The van der Waals surface area contributed by atoms with E-state index in [2.05, 4.69) is 10.2 Å². The number of amides is 2. The molecule has 3 aromatic rings. The minimum Gasteiger partial charge on any atom is -0.368 e. The first-order valence-corrected chi connectivity index (χ1v) is 12.2. The summed E-state index contributed by atoms with van der Waals surface area (Å²) in [6.45, 7) is 2.88. The van der Waals surface area contributed by atoms with Crippen molar-refractivity contribution < 1.29 is 14.5 Å². The third kappa shape index (κ3) is 4.72. The van der Waals surface area contributed by atoms with Crippen molar-refractivity contribution >= 4 is 58.0 Å². The number of hydrogen-bond acceptors (Lipinski definition) is 7. The van der Waals surface area contributed by atoms with Gasteiger partial charge in [0.05, 0.1) is 16.3 Å². The van der Waals surface area contributed by atoms with Gasteiger partial charge in [-0.3, -0.25) is 29.5 Å². The molecule has 2 aliphatic heterocycles. The van der Waals surface area contributed by atoms with Crippen LogP contribution in [-0.4, -0.2) is 48.0 Å². The highest BCUT2D eigenvalue weighted by atomic mass is 32.1. The zero-order valence-corrected chi connectivity index (χ0v) is 20.6. The van der Waals surface area contributed by atoms with Gasteiger partial charge in [-0.05, 0) is 48.6 Å². The first-order valence-electron chi connectivity index (χ1n) is 11.7. The Morgan fingerprint density at radius 3 is 1.89 bits per heavy atom. The summed E-state index contributed by atoms with van der Waals surface area (Å²) in [6, 6.07) is 22.2. The largest absolute Gasteiger partial charge is 0.368 e. The van der Waals surface area contributed by atoms with Gasteiger partial charge >= 0.3 is 0 Å². The number of carbonyl (C=O) groups excluding carboxylic acids is 2. The Morgan fingerprint density at radius 1 is 0.838 bits per heavy atom. The van der Waals surface area contributed by atoms with E-state index < -0.39 is 16.7 Å². The van der Waals surface area contributed by atoms with Gasteiger partial charge in [0.1, 0.15) is 5.57 Å². The average Bonchev–Trinajstić information content (AvgIpc) is 2.92. The van der Waals surface area contributed by atoms with Gasteiger partial charge in [-0.25, -0.2) is 0 Å². The Kier molecular flexibility index (Phi) is 6.76. The average molecular weight is 514 g/mol. The summed E-state index contributed by atoms with van der Waals surface area (Å²) in [7, 11) is 0. The number of benzene rings is 3. The molecule has 2 amide bonds. The number of nitrogens with zero attached hydrogens (tertiary/aromatic N) is 4. The molecule has 0 bridgehead atoms. The maximum Gasteiger partial charge on any atom is 0.270 e. The van der Waals surface area contributed by atoms with Crippen LogP contribution in [0.25, 0.3) is 6.08 Å². The van der Waals surface area contributed by atoms with E-state index in [4.69, 9.17) is 12.2 Å². The molecule has 0 spiro atoms. The summed E-state index contributed by atoms with van der Waals surface area (Å²) in [5, 5.41) is 14.9. The van der Waals surface area contributed by atoms with Crippen LogP contribution in [0.1, 0.15) is 5.56 Å². The van der Waals surface area contributed by atoms with E-state index in [-0.39, 0.29) is 16.4 Å². The second-order valence-corrected chi connectivity index (χ2v) is 8.90. The molecule has 1 N–H and O–H groups in total. The molecule has 37 heavy (non-hydrogen) atoms. The van der Waals surface area contributed by atoms with Gasteiger partial charge in [-0.1, -0.05) is 36.4 Å². The number of rotatable bonds is 5. The summed E-state index contributed by atoms with van der Waals surface area (Å²) >= 11 is 5.65. The lowest BCUT2D eigenvalue weighted by molar-refractivity contribution is -0.384. The van der Waals surface area contributed by atoms with Gasteiger partial charge in [-0.15, -0.1) is 0 Å². The minimum absolute atomic E-state index is 0.0333. The van der Waals surface area contributed by atoms with Gasteiger partial charge in [0.25, 0.3) is 17.5 Å². The van der Waals surface area contributed by atoms with Crippen LogP contribution < -0.4 is 20.0 Å². The summed E-state index contributed by atoms with van der Waals surface area (Å²) < 4.78 is 0. The Balaban J connectivity index is 1.67.